The molecule has 0 aliphatic rings. The molecule has 0 fully saturated rings. The fourth-order valence-corrected chi connectivity index (χ4v) is 1.80. The molecule has 0 aliphatic carbocycles. The summed E-state index contributed by atoms with van der Waals surface area (Å²) in [5.41, 5.74) is -0.833. The molecule has 2 aromatic rings. The van der Waals surface area contributed by atoms with Crippen molar-refractivity contribution in [3.63, 3.8) is 0 Å². The van der Waals surface area contributed by atoms with Gasteiger partial charge in [-0.1, -0.05) is 0 Å². The van der Waals surface area contributed by atoms with E-state index in [1.807, 2.05) is 0 Å². The molecule has 2 aromatic heterocycles. The Morgan fingerprint density at radius 1 is 1.00 bits per heavy atom. The Bertz CT molecular complexity index is 542. The first-order chi connectivity index (χ1) is 8.45. The number of alkyl halides is 3. The average molecular weight is 275 g/mol. The van der Waals surface area contributed by atoms with Crippen LogP contribution in [-0.2, 0) is 6.18 Å². The van der Waals surface area contributed by atoms with Gasteiger partial charge in [0.2, 0.25) is 5.95 Å². The van der Waals surface area contributed by atoms with E-state index in [0.717, 1.165) is 36.4 Å². The van der Waals surface area contributed by atoms with E-state index >= 15 is 0 Å². The lowest BCUT2D eigenvalue weighted by molar-refractivity contribution is -0.137. The summed E-state index contributed by atoms with van der Waals surface area (Å²) >= 11 is 0.952. The van der Waals surface area contributed by atoms with Gasteiger partial charge in [0.25, 0.3) is 0 Å². The first kappa shape index (κ1) is 12.7. The molecule has 0 radical (unpaired) electrons. The number of pyridine rings is 1. The molecule has 3 nitrogen and oxygen atoms in total. The Labute approximate surface area is 103 Å². The molecule has 0 saturated carbocycles. The number of aromatic nitrogens is 3. The van der Waals surface area contributed by atoms with Gasteiger partial charge in [-0.15, -0.1) is 0 Å². The van der Waals surface area contributed by atoms with Crippen molar-refractivity contribution in [1.29, 1.82) is 0 Å². The van der Waals surface area contributed by atoms with Crippen LogP contribution in [0.3, 0.4) is 0 Å². The van der Waals surface area contributed by atoms with E-state index in [1.54, 1.807) is 0 Å². The zero-order chi connectivity index (χ0) is 13.2. The zero-order valence-electron chi connectivity index (χ0n) is 8.65. The minimum absolute atomic E-state index is 0.273. The van der Waals surface area contributed by atoms with E-state index in [0.29, 0.717) is 5.03 Å². The fraction of sp³-hybridized carbons (Fsp3) is 0.100. The van der Waals surface area contributed by atoms with Gasteiger partial charge in [0, 0.05) is 12.3 Å². The second-order valence-electron chi connectivity index (χ2n) is 3.16. The second-order valence-corrected chi connectivity index (χ2v) is 4.20. The van der Waals surface area contributed by atoms with Crippen molar-refractivity contribution in [3.05, 3.63) is 42.2 Å². The number of hydrogen-bond donors (Lipinski definition) is 0. The summed E-state index contributed by atoms with van der Waals surface area (Å²) in [5, 5.41) is 0.566. The van der Waals surface area contributed by atoms with Gasteiger partial charge < -0.3 is 0 Å². The van der Waals surface area contributed by atoms with E-state index < -0.39 is 17.7 Å². The van der Waals surface area contributed by atoms with Crippen molar-refractivity contribution in [1.82, 2.24) is 15.0 Å². The summed E-state index contributed by atoms with van der Waals surface area (Å²) in [6.07, 6.45) is -2.67. The van der Waals surface area contributed by atoms with Crippen LogP contribution in [0, 0.1) is 5.95 Å². The maximum Gasteiger partial charge on any atom is 0.417 e. The second kappa shape index (κ2) is 4.89. The highest BCUT2D eigenvalue weighted by molar-refractivity contribution is 7.99. The molecule has 0 N–H and O–H groups in total. The van der Waals surface area contributed by atoms with Crippen LogP contribution >= 0.6 is 11.8 Å². The van der Waals surface area contributed by atoms with Crippen molar-refractivity contribution >= 4 is 11.8 Å². The monoisotopic (exact) mass is 275 g/mol. The lowest BCUT2D eigenvalue weighted by Gasteiger charge is -2.06. The molecule has 94 valence electrons. The summed E-state index contributed by atoms with van der Waals surface area (Å²) in [6, 6.07) is 3.18. The van der Waals surface area contributed by atoms with Crippen molar-refractivity contribution < 1.29 is 17.6 Å². The van der Waals surface area contributed by atoms with Gasteiger partial charge in [0.15, 0.2) is 0 Å². The fourth-order valence-electron chi connectivity index (χ4n) is 1.09. The third-order valence-electron chi connectivity index (χ3n) is 1.88. The maximum absolute atomic E-state index is 12.8. The Hall–Kier alpha value is -1.70. The van der Waals surface area contributed by atoms with Gasteiger partial charge in [-0.25, -0.2) is 15.0 Å². The Morgan fingerprint density at radius 3 is 2.33 bits per heavy atom. The molecule has 18 heavy (non-hydrogen) atoms. The van der Waals surface area contributed by atoms with E-state index in [1.165, 1.54) is 6.07 Å². The SMILES string of the molecule is Fc1cc(Sc2ccc(C(F)(F)F)cn2)ncn1. The summed E-state index contributed by atoms with van der Waals surface area (Å²) in [6.45, 7) is 0. The number of hydrogen-bond acceptors (Lipinski definition) is 4. The van der Waals surface area contributed by atoms with Gasteiger partial charge in [-0.05, 0) is 23.9 Å². The lowest BCUT2D eigenvalue weighted by atomic mass is 10.3. The summed E-state index contributed by atoms with van der Waals surface area (Å²) < 4.78 is 49.6. The average Bonchev–Trinajstić information content (AvgIpc) is 2.28. The smallest absolute Gasteiger partial charge is 0.249 e. The van der Waals surface area contributed by atoms with Crippen LogP contribution in [-0.4, -0.2) is 15.0 Å². The first-order valence-electron chi connectivity index (χ1n) is 4.64. The number of rotatable bonds is 2. The van der Waals surface area contributed by atoms with Crippen molar-refractivity contribution in [2.24, 2.45) is 0 Å². The van der Waals surface area contributed by atoms with Crippen LogP contribution < -0.4 is 0 Å². The lowest BCUT2D eigenvalue weighted by Crippen LogP contribution is -2.05. The Kier molecular flexibility index (Phi) is 3.46. The van der Waals surface area contributed by atoms with Crippen LogP contribution in [0.5, 0.6) is 0 Å². The van der Waals surface area contributed by atoms with Gasteiger partial charge in [0.05, 0.1) is 5.56 Å². The predicted octanol–water partition coefficient (Wildman–Crippen LogP) is 3.18. The largest absolute Gasteiger partial charge is 0.417 e. The topological polar surface area (TPSA) is 38.7 Å². The van der Waals surface area contributed by atoms with Crippen LogP contribution in [0.25, 0.3) is 0 Å². The quantitative estimate of drug-likeness (QED) is 0.623. The van der Waals surface area contributed by atoms with Crippen molar-refractivity contribution in [2.75, 3.05) is 0 Å². The molecule has 0 unspecified atom stereocenters. The summed E-state index contributed by atoms with van der Waals surface area (Å²) in [7, 11) is 0. The molecule has 0 aliphatic heterocycles. The Balaban J connectivity index is 2.16. The van der Waals surface area contributed by atoms with Crippen LogP contribution in [0.2, 0.25) is 0 Å². The first-order valence-corrected chi connectivity index (χ1v) is 5.45. The molecule has 0 amide bonds. The minimum atomic E-state index is -4.42. The molecule has 2 rings (SSSR count). The maximum atomic E-state index is 12.8. The predicted molar refractivity (Wildman–Crippen MR) is 55.4 cm³/mol. The third-order valence-corrected chi connectivity index (χ3v) is 2.76. The third kappa shape index (κ3) is 3.16. The molecule has 0 atom stereocenters. The van der Waals surface area contributed by atoms with Gasteiger partial charge >= 0.3 is 6.18 Å². The molecule has 0 aromatic carbocycles. The highest BCUT2D eigenvalue weighted by Crippen LogP contribution is 2.30. The minimum Gasteiger partial charge on any atom is -0.249 e. The van der Waals surface area contributed by atoms with Gasteiger partial charge in [0.1, 0.15) is 16.4 Å². The van der Waals surface area contributed by atoms with Crippen LogP contribution in [0.4, 0.5) is 17.6 Å². The van der Waals surface area contributed by atoms with E-state index in [4.69, 9.17) is 0 Å². The molecule has 0 saturated heterocycles. The normalized spacial score (nSPS) is 11.6. The summed E-state index contributed by atoms with van der Waals surface area (Å²) in [5.74, 6) is -0.709. The molecule has 8 heteroatoms. The summed E-state index contributed by atoms with van der Waals surface area (Å²) in [4.78, 5) is 10.7. The Morgan fingerprint density at radius 2 is 1.78 bits per heavy atom. The van der Waals surface area contributed by atoms with Crippen LogP contribution in [0.1, 0.15) is 5.56 Å². The van der Waals surface area contributed by atoms with Crippen LogP contribution in [0.15, 0.2) is 40.8 Å². The highest BCUT2D eigenvalue weighted by atomic mass is 32.2. The molecule has 0 bridgehead atoms. The van der Waals surface area contributed by atoms with Gasteiger partial charge in [-0.2, -0.15) is 17.6 Å². The number of nitrogens with zero attached hydrogens (tertiary/aromatic N) is 3. The van der Waals surface area contributed by atoms with E-state index in [2.05, 4.69) is 15.0 Å². The standard InChI is InChI=1S/C10H5F4N3S/c11-7-3-9(17-5-16-7)18-8-2-1-6(4-15-8)10(12,13)14/h1-5H. The zero-order valence-corrected chi connectivity index (χ0v) is 9.46. The highest BCUT2D eigenvalue weighted by Gasteiger charge is 2.30. The number of halogens is 4. The van der Waals surface area contributed by atoms with E-state index in [9.17, 15) is 17.6 Å². The van der Waals surface area contributed by atoms with E-state index in [-0.39, 0.29) is 5.03 Å². The molecular formula is C10H5F4N3S. The molecular weight excluding hydrogens is 270 g/mol. The molecule has 2 heterocycles. The molecule has 0 spiro atoms. The van der Waals surface area contributed by atoms with Crippen molar-refractivity contribution in [2.45, 2.75) is 16.2 Å². The van der Waals surface area contributed by atoms with Crippen molar-refractivity contribution in [3.8, 4) is 0 Å². The van der Waals surface area contributed by atoms with Gasteiger partial charge in [-0.3, -0.25) is 0 Å².